The van der Waals surface area contributed by atoms with Gasteiger partial charge in [0.1, 0.15) is 35.4 Å². The average Bonchev–Trinajstić information content (AvgIpc) is 1.51. The van der Waals surface area contributed by atoms with Crippen LogP contribution >= 0.6 is 45.8 Å². The highest BCUT2D eigenvalue weighted by atomic mass is 32.2. The highest BCUT2D eigenvalue weighted by Gasteiger charge is 2.52. The number of nitrogens with zero attached hydrogens (tertiary/aromatic N) is 4. The third-order valence-electron chi connectivity index (χ3n) is 20.4. The van der Waals surface area contributed by atoms with Crippen molar-refractivity contribution in [1.29, 1.82) is 21.0 Å². The number of hydrogen-bond donors (Lipinski definition) is 0. The first-order chi connectivity index (χ1) is 47.2. The van der Waals surface area contributed by atoms with Gasteiger partial charge >= 0.3 is 0 Å². The van der Waals surface area contributed by atoms with Gasteiger partial charge < -0.3 is 0 Å². The van der Waals surface area contributed by atoms with Crippen LogP contribution in [0.1, 0.15) is 115 Å². The molecule has 0 amide bonds. The highest BCUT2D eigenvalue weighted by molar-refractivity contribution is 8.09. The summed E-state index contributed by atoms with van der Waals surface area (Å²) in [5.41, 5.74) is 21.2. The van der Waals surface area contributed by atoms with Crippen LogP contribution in [0, 0.1) is 78.9 Å². The lowest BCUT2D eigenvalue weighted by atomic mass is 9.65. The Balaban J connectivity index is 0.856. The highest BCUT2D eigenvalue weighted by Crippen LogP contribution is 2.64. The van der Waals surface area contributed by atoms with E-state index in [4.69, 9.17) is 0 Å². The van der Waals surface area contributed by atoms with Crippen LogP contribution in [0.4, 0.5) is 0 Å². The van der Waals surface area contributed by atoms with Crippen LogP contribution in [-0.2, 0) is 10.8 Å². The van der Waals surface area contributed by atoms with Crippen molar-refractivity contribution in [1.82, 2.24) is 0 Å². The first-order valence-corrected chi connectivity index (χ1v) is 35.5. The van der Waals surface area contributed by atoms with E-state index in [9.17, 15) is 30.6 Å². The van der Waals surface area contributed by atoms with Gasteiger partial charge in [-0.25, -0.2) is 0 Å². The van der Waals surface area contributed by atoms with Crippen molar-refractivity contribution in [3.8, 4) is 56.3 Å². The largest absolute Gasteiger partial charge is 0.289 e. The van der Waals surface area contributed by atoms with Crippen molar-refractivity contribution >= 4 is 99.6 Å². The van der Waals surface area contributed by atoms with Crippen LogP contribution < -0.4 is 0 Å². The second-order valence-electron chi connectivity index (χ2n) is 26.0. The van der Waals surface area contributed by atoms with Crippen molar-refractivity contribution in [2.24, 2.45) is 5.92 Å². The zero-order valence-corrected chi connectivity index (χ0v) is 56.5. The van der Waals surface area contributed by atoms with E-state index in [1.165, 1.54) is 93.7 Å². The number of allylic oxidation sites excluding steroid dienone is 7. The summed E-state index contributed by atoms with van der Waals surface area (Å²) in [7, 11) is 0. The summed E-state index contributed by atoms with van der Waals surface area (Å²) in [5.74, 6) is -0.303. The number of rotatable bonds is 8. The number of aryl methyl sites for hydroxylation is 4. The Morgan fingerprint density at radius 3 is 1.26 bits per heavy atom. The molecule has 2 atom stereocenters. The number of thioether (sulfide) groups is 1. The van der Waals surface area contributed by atoms with E-state index in [0.717, 1.165) is 39.9 Å². The van der Waals surface area contributed by atoms with Crippen LogP contribution in [0.2, 0.25) is 0 Å². The minimum Gasteiger partial charge on any atom is -0.289 e. The maximum absolute atomic E-state index is 14.1. The molecule has 1 aliphatic heterocycles. The zero-order chi connectivity index (χ0) is 66.3. The number of hydrogen-bond acceptors (Lipinski definition) is 10. The van der Waals surface area contributed by atoms with Gasteiger partial charge in [0.2, 0.25) is 0 Å². The molecule has 10 heteroatoms. The molecule has 0 radical (unpaired) electrons. The van der Waals surface area contributed by atoms with Gasteiger partial charge in [-0.1, -0.05) is 187 Å². The van der Waals surface area contributed by atoms with Crippen LogP contribution in [0.3, 0.4) is 0 Å². The van der Waals surface area contributed by atoms with E-state index >= 15 is 0 Å². The molecule has 0 saturated carbocycles. The molecule has 0 saturated heterocycles. The third-order valence-corrected chi connectivity index (χ3v) is 25.4. The molecule has 17 rings (SSSR count). The molecular formula is C87H54N4O2S4. The van der Waals surface area contributed by atoms with Crippen LogP contribution in [0.25, 0.3) is 74.3 Å². The molecule has 3 aromatic heterocycles. The van der Waals surface area contributed by atoms with Crippen molar-refractivity contribution in [3.05, 3.63) is 339 Å². The predicted molar refractivity (Wildman–Crippen MR) is 396 cm³/mol. The molecule has 9 aromatic carbocycles. The molecule has 4 heterocycles. The fourth-order valence-corrected chi connectivity index (χ4v) is 20.4. The van der Waals surface area contributed by atoms with Crippen molar-refractivity contribution in [2.75, 3.05) is 0 Å². The summed E-state index contributed by atoms with van der Waals surface area (Å²) in [4.78, 5) is 33.4. The lowest BCUT2D eigenvalue weighted by Gasteiger charge is -2.36. The molecule has 4 aliphatic carbocycles. The fourth-order valence-electron chi connectivity index (χ4n) is 15.8. The molecule has 0 spiro atoms. The number of carbonyl (C=O) groups excluding carboxylic acids is 2. The summed E-state index contributed by atoms with van der Waals surface area (Å²) >= 11 is 6.88. The lowest BCUT2D eigenvalue weighted by molar-refractivity contribution is 0.103. The number of benzene rings is 9. The second-order valence-corrected chi connectivity index (χ2v) is 30.5. The third kappa shape index (κ3) is 8.92. The van der Waals surface area contributed by atoms with Gasteiger partial charge in [-0.3, -0.25) is 9.59 Å². The zero-order valence-electron chi connectivity index (χ0n) is 53.3. The summed E-state index contributed by atoms with van der Waals surface area (Å²) in [6.45, 7) is 10.8. The van der Waals surface area contributed by atoms with Gasteiger partial charge in [0.25, 0.3) is 0 Å². The second kappa shape index (κ2) is 22.5. The number of Topliss-reactive ketones (excluding diaryl/α,β-unsaturated/α-hetero) is 2. The maximum Gasteiger partial charge on any atom is 0.194 e. The Morgan fingerprint density at radius 1 is 0.412 bits per heavy atom. The fraction of sp³-hybridized carbons (Fsp3) is 0.103. The molecule has 97 heavy (non-hydrogen) atoms. The van der Waals surface area contributed by atoms with Gasteiger partial charge in [0, 0.05) is 72.5 Å². The Kier molecular flexibility index (Phi) is 13.9. The first kappa shape index (κ1) is 59.7. The lowest BCUT2D eigenvalue weighted by Crippen LogP contribution is -2.30. The summed E-state index contributed by atoms with van der Waals surface area (Å²) in [6, 6.07) is 83.1. The first-order valence-electron chi connectivity index (χ1n) is 32.2. The standard InChI is InChI=1S/C87H54N4O2S4/c1-47-14-22-56(23-15-47)86(57-24-16-48(2)17-25-57)71-33-52-35-80(75-31-30-60(94-75)37-69-82(54(43-88)44-89)61-10-6-8-12-63(61)84(69)92)96-77(52)40-67(71)65-38-74-66(39-73(65)86)68-41-78-53(34-72(68)87(74,58-26-18-49(3)19-27-58)59-28-20-50(4)21-29-59)36-81(97-78)79-32-51(5)76(95-79)42-70-83(55(45-90)46-91)62-11-7-9-13-64(62)85(70)93/h6-42,51,76H,1-5H3/b69-37-,70-42-. The molecule has 12 aromatic rings. The number of carbonyl (C=O) groups is 2. The topological polar surface area (TPSA) is 129 Å². The minimum atomic E-state index is -0.761. The van der Waals surface area contributed by atoms with Crippen molar-refractivity contribution in [2.45, 2.75) is 50.7 Å². The summed E-state index contributed by atoms with van der Waals surface area (Å²) < 4.78 is 2.32. The van der Waals surface area contributed by atoms with Crippen LogP contribution in [-0.4, -0.2) is 16.8 Å². The molecular weight excluding hydrogens is 1260 g/mol. The molecule has 0 fully saturated rings. The van der Waals surface area contributed by atoms with E-state index in [-0.39, 0.29) is 33.9 Å². The monoisotopic (exact) mass is 1310 g/mol. The Hall–Kier alpha value is -11.1. The Labute approximate surface area is 578 Å². The van der Waals surface area contributed by atoms with Gasteiger partial charge in [0.15, 0.2) is 11.6 Å². The quantitative estimate of drug-likeness (QED) is 0.109. The molecule has 458 valence electrons. The smallest absolute Gasteiger partial charge is 0.194 e. The minimum absolute atomic E-state index is 0.0550. The average molecular weight is 1320 g/mol. The molecule has 0 N–H and O–H groups in total. The van der Waals surface area contributed by atoms with Gasteiger partial charge in [-0.15, -0.1) is 45.8 Å². The van der Waals surface area contributed by atoms with Crippen LogP contribution in [0.5, 0.6) is 0 Å². The normalized spacial score (nSPS) is 17.3. The van der Waals surface area contributed by atoms with E-state index in [2.05, 4.69) is 217 Å². The maximum atomic E-state index is 14.1. The molecule has 0 bridgehead atoms. The van der Waals surface area contributed by atoms with E-state index < -0.39 is 10.8 Å². The van der Waals surface area contributed by atoms with Crippen LogP contribution in [0.15, 0.2) is 241 Å². The summed E-state index contributed by atoms with van der Waals surface area (Å²) in [6.07, 6.45) is 6.15. The molecule has 5 aliphatic rings. The Bertz CT molecular complexity index is 5750. The summed E-state index contributed by atoms with van der Waals surface area (Å²) in [5, 5.41) is 42.6. The van der Waals surface area contributed by atoms with Crippen molar-refractivity contribution in [3.63, 3.8) is 0 Å². The van der Waals surface area contributed by atoms with Crippen molar-refractivity contribution < 1.29 is 9.59 Å². The molecule has 2 unspecified atom stereocenters. The number of nitriles is 4. The van der Waals surface area contributed by atoms with Gasteiger partial charge in [-0.2, -0.15) is 21.0 Å². The number of ketones is 2. The number of fused-ring (bicyclic) bond motifs is 10. The van der Waals surface area contributed by atoms with Gasteiger partial charge in [-0.05, 0) is 189 Å². The van der Waals surface area contributed by atoms with E-state index in [0.29, 0.717) is 44.5 Å². The SMILES string of the molecule is Cc1ccc(C2(c3ccc(C)cc3)c3cc4c(cc3-c3cc5sc(C6=CC(C)C(/C=C7\C(=O)c8ccccc8C7=C(C#N)C#N)S6)cc5cc32)C(c2ccc(C)cc2)(c2ccc(C)cc2)c2cc3cc(-c5ccc(/C=C6\C(=O)c7ccccc7C6=C(C#N)C#N)s5)sc3cc2-4)cc1. The number of thiophene rings is 3. The van der Waals surface area contributed by atoms with Gasteiger partial charge in [0.05, 0.1) is 10.8 Å². The molecule has 6 nitrogen and oxygen atoms in total. The van der Waals surface area contributed by atoms with E-state index in [1.807, 2.05) is 48.6 Å². The van der Waals surface area contributed by atoms with E-state index in [1.54, 1.807) is 64.0 Å². The Morgan fingerprint density at radius 2 is 0.804 bits per heavy atom. The predicted octanol–water partition coefficient (Wildman–Crippen LogP) is 21.6.